The molecule has 0 spiro atoms. The molecule has 5 nitrogen and oxygen atoms in total. The van der Waals surface area contributed by atoms with E-state index in [1.807, 2.05) is 26.0 Å². The lowest BCUT2D eigenvalue weighted by Crippen LogP contribution is -2.21. The normalized spacial score (nSPS) is 12.6. The van der Waals surface area contributed by atoms with Crippen LogP contribution < -0.4 is 5.32 Å². The molecule has 0 amide bonds. The molecule has 0 radical (unpaired) electrons. The number of nitrogens with one attached hydrogen (secondary N) is 1. The van der Waals surface area contributed by atoms with Crippen molar-refractivity contribution in [3.05, 3.63) is 41.0 Å². The fourth-order valence-corrected chi connectivity index (χ4v) is 1.97. The Morgan fingerprint density at radius 3 is 2.84 bits per heavy atom. The van der Waals surface area contributed by atoms with Gasteiger partial charge in [-0.05, 0) is 26.8 Å². The van der Waals surface area contributed by atoms with E-state index in [-0.39, 0.29) is 6.04 Å². The largest absolute Gasteiger partial charge is 0.508 e. The molecular weight excluding hydrogens is 242 g/mol. The van der Waals surface area contributed by atoms with Crippen LogP contribution in [0.3, 0.4) is 0 Å². The van der Waals surface area contributed by atoms with Crippen molar-refractivity contribution in [2.45, 2.75) is 33.2 Å². The van der Waals surface area contributed by atoms with Gasteiger partial charge in [-0.25, -0.2) is 0 Å². The number of aromatic hydroxyl groups is 1. The van der Waals surface area contributed by atoms with Gasteiger partial charge in [0.15, 0.2) is 5.82 Å². The van der Waals surface area contributed by atoms with Crippen LogP contribution in [0.1, 0.15) is 35.8 Å². The summed E-state index contributed by atoms with van der Waals surface area (Å²) in [7, 11) is 0. The van der Waals surface area contributed by atoms with Crippen molar-refractivity contribution in [1.29, 1.82) is 0 Å². The first-order chi connectivity index (χ1) is 9.06. The van der Waals surface area contributed by atoms with Gasteiger partial charge in [-0.2, -0.15) is 4.98 Å². The van der Waals surface area contributed by atoms with Gasteiger partial charge in [0.2, 0.25) is 5.89 Å². The van der Waals surface area contributed by atoms with Gasteiger partial charge < -0.3 is 14.9 Å². The van der Waals surface area contributed by atoms with Crippen molar-refractivity contribution in [1.82, 2.24) is 15.5 Å². The first-order valence-electron chi connectivity index (χ1n) is 6.38. The van der Waals surface area contributed by atoms with Crippen LogP contribution >= 0.6 is 0 Å². The summed E-state index contributed by atoms with van der Waals surface area (Å²) in [6, 6.07) is 5.69. The first-order valence-corrected chi connectivity index (χ1v) is 6.38. The number of rotatable bonds is 5. The molecule has 2 N–H and O–H groups in total. The predicted molar refractivity (Wildman–Crippen MR) is 72.0 cm³/mol. The highest BCUT2D eigenvalue weighted by Crippen LogP contribution is 2.24. The third-order valence-corrected chi connectivity index (χ3v) is 3.01. The number of aryl methyl sites for hydroxylation is 2. The SMILES string of the molecule is Cc1ccc(O)c(C(C)NCCc2nc(C)no2)c1. The summed E-state index contributed by atoms with van der Waals surface area (Å²) in [5, 5.41) is 16.9. The van der Waals surface area contributed by atoms with Crippen molar-refractivity contribution >= 4 is 0 Å². The number of hydrogen-bond donors (Lipinski definition) is 2. The standard InChI is InChI=1S/C14H19N3O2/c1-9-4-5-13(18)12(8-9)10(2)15-7-6-14-16-11(3)17-19-14/h4-5,8,10,15,18H,6-7H2,1-3H3. The van der Waals surface area contributed by atoms with Crippen LogP contribution in [-0.4, -0.2) is 21.8 Å². The lowest BCUT2D eigenvalue weighted by molar-refractivity contribution is 0.369. The molecule has 2 rings (SSSR count). The van der Waals surface area contributed by atoms with Crippen LogP contribution in [0.25, 0.3) is 0 Å². The van der Waals surface area contributed by atoms with Gasteiger partial charge in [-0.1, -0.05) is 22.9 Å². The van der Waals surface area contributed by atoms with Crippen LogP contribution in [0.5, 0.6) is 5.75 Å². The fraction of sp³-hybridized carbons (Fsp3) is 0.429. The summed E-state index contributed by atoms with van der Waals surface area (Å²) < 4.78 is 5.04. The van der Waals surface area contributed by atoms with Crippen molar-refractivity contribution in [2.24, 2.45) is 0 Å². The lowest BCUT2D eigenvalue weighted by Gasteiger charge is -2.15. The fourth-order valence-electron chi connectivity index (χ4n) is 1.97. The number of phenolic OH excluding ortho intramolecular Hbond substituents is 1. The number of phenols is 1. The average molecular weight is 261 g/mol. The molecule has 1 aromatic heterocycles. The Kier molecular flexibility index (Phi) is 4.16. The Hall–Kier alpha value is -1.88. The topological polar surface area (TPSA) is 71.2 Å². The zero-order valence-corrected chi connectivity index (χ0v) is 11.5. The van der Waals surface area contributed by atoms with Crippen molar-refractivity contribution in [3.8, 4) is 5.75 Å². The molecule has 5 heteroatoms. The Morgan fingerprint density at radius 1 is 1.37 bits per heavy atom. The number of aromatic nitrogens is 2. The molecule has 0 saturated carbocycles. The third-order valence-electron chi connectivity index (χ3n) is 3.01. The maximum atomic E-state index is 9.84. The van der Waals surface area contributed by atoms with Crippen molar-refractivity contribution in [2.75, 3.05) is 6.54 Å². The van der Waals surface area contributed by atoms with Gasteiger partial charge in [-0.3, -0.25) is 0 Å². The zero-order chi connectivity index (χ0) is 13.8. The highest BCUT2D eigenvalue weighted by atomic mass is 16.5. The van der Waals surface area contributed by atoms with E-state index in [1.165, 1.54) is 0 Å². The molecule has 0 saturated heterocycles. The minimum absolute atomic E-state index is 0.0731. The van der Waals surface area contributed by atoms with Crippen LogP contribution in [0.2, 0.25) is 0 Å². The summed E-state index contributed by atoms with van der Waals surface area (Å²) in [4.78, 5) is 4.14. The van der Waals surface area contributed by atoms with Gasteiger partial charge in [0.25, 0.3) is 0 Å². The molecule has 2 aromatic rings. The highest BCUT2D eigenvalue weighted by molar-refractivity contribution is 5.37. The Bertz CT molecular complexity index is 551. The summed E-state index contributed by atoms with van der Waals surface area (Å²) in [6.45, 7) is 6.55. The molecule has 1 aromatic carbocycles. The third kappa shape index (κ3) is 3.54. The number of hydrogen-bond acceptors (Lipinski definition) is 5. The second-order valence-electron chi connectivity index (χ2n) is 4.72. The Morgan fingerprint density at radius 2 is 2.16 bits per heavy atom. The van der Waals surface area contributed by atoms with Crippen LogP contribution in [0, 0.1) is 13.8 Å². The van der Waals surface area contributed by atoms with Gasteiger partial charge in [0, 0.05) is 24.6 Å². The van der Waals surface area contributed by atoms with E-state index in [9.17, 15) is 5.11 Å². The molecule has 0 fully saturated rings. The molecule has 0 bridgehead atoms. The molecule has 0 aliphatic heterocycles. The van der Waals surface area contributed by atoms with Gasteiger partial charge >= 0.3 is 0 Å². The lowest BCUT2D eigenvalue weighted by atomic mass is 10.0. The van der Waals surface area contributed by atoms with Crippen LogP contribution in [-0.2, 0) is 6.42 Å². The monoisotopic (exact) mass is 261 g/mol. The zero-order valence-electron chi connectivity index (χ0n) is 11.5. The van der Waals surface area contributed by atoms with E-state index in [0.29, 0.717) is 23.9 Å². The summed E-state index contributed by atoms with van der Waals surface area (Å²) in [5.41, 5.74) is 2.04. The molecule has 0 aliphatic rings. The Labute approximate surface area is 112 Å². The first kappa shape index (κ1) is 13.5. The van der Waals surface area contributed by atoms with E-state index >= 15 is 0 Å². The molecule has 1 heterocycles. The van der Waals surface area contributed by atoms with E-state index < -0.39 is 0 Å². The Balaban J connectivity index is 1.90. The van der Waals surface area contributed by atoms with E-state index in [0.717, 1.165) is 17.7 Å². The summed E-state index contributed by atoms with van der Waals surface area (Å²) >= 11 is 0. The van der Waals surface area contributed by atoms with Crippen LogP contribution in [0.15, 0.2) is 22.7 Å². The van der Waals surface area contributed by atoms with Crippen LogP contribution in [0.4, 0.5) is 0 Å². The number of nitrogens with zero attached hydrogens (tertiary/aromatic N) is 2. The maximum Gasteiger partial charge on any atom is 0.227 e. The van der Waals surface area contributed by atoms with Crippen molar-refractivity contribution in [3.63, 3.8) is 0 Å². The van der Waals surface area contributed by atoms with E-state index in [4.69, 9.17) is 4.52 Å². The van der Waals surface area contributed by atoms with Gasteiger partial charge in [0.1, 0.15) is 5.75 Å². The number of benzene rings is 1. The predicted octanol–water partition coefficient (Wildman–Crippen LogP) is 2.29. The molecule has 0 aliphatic carbocycles. The minimum Gasteiger partial charge on any atom is -0.508 e. The van der Waals surface area contributed by atoms with Gasteiger partial charge in [0.05, 0.1) is 0 Å². The summed E-state index contributed by atoms with van der Waals surface area (Å²) in [5.74, 6) is 1.60. The molecular formula is C14H19N3O2. The second-order valence-corrected chi connectivity index (χ2v) is 4.72. The smallest absolute Gasteiger partial charge is 0.227 e. The van der Waals surface area contributed by atoms with Gasteiger partial charge in [-0.15, -0.1) is 0 Å². The quantitative estimate of drug-likeness (QED) is 0.864. The molecule has 1 atom stereocenters. The average Bonchev–Trinajstić information content (AvgIpc) is 2.78. The molecule has 102 valence electrons. The van der Waals surface area contributed by atoms with Crippen molar-refractivity contribution < 1.29 is 9.63 Å². The summed E-state index contributed by atoms with van der Waals surface area (Å²) in [6.07, 6.45) is 0.678. The van der Waals surface area contributed by atoms with E-state index in [1.54, 1.807) is 13.0 Å². The maximum absolute atomic E-state index is 9.84. The highest BCUT2D eigenvalue weighted by Gasteiger charge is 2.10. The molecule has 1 unspecified atom stereocenters. The second kappa shape index (κ2) is 5.84. The minimum atomic E-state index is 0.0731. The molecule has 19 heavy (non-hydrogen) atoms. The van der Waals surface area contributed by atoms with E-state index in [2.05, 4.69) is 15.5 Å².